The quantitative estimate of drug-likeness (QED) is 0.744. The van der Waals surface area contributed by atoms with E-state index in [1.54, 1.807) is 50.4 Å². The van der Waals surface area contributed by atoms with Crippen molar-refractivity contribution < 1.29 is 23.8 Å². The van der Waals surface area contributed by atoms with Gasteiger partial charge in [0.15, 0.2) is 11.5 Å². The Morgan fingerprint density at radius 2 is 1.46 bits per heavy atom. The first kappa shape index (κ1) is 19.3. The van der Waals surface area contributed by atoms with Crippen LogP contribution in [0.15, 0.2) is 36.4 Å². The number of ether oxygens (including phenoxy) is 3. The number of carbonyl (C=O) groups excluding carboxylic acids is 2. The first-order valence-electron chi connectivity index (χ1n) is 8.06. The second kappa shape index (κ2) is 8.38. The Bertz CT molecular complexity index is 799. The van der Waals surface area contributed by atoms with Gasteiger partial charge >= 0.3 is 5.97 Å². The van der Waals surface area contributed by atoms with Crippen LogP contribution in [0.25, 0.3) is 0 Å². The molecule has 0 aliphatic heterocycles. The zero-order chi connectivity index (χ0) is 19.3. The predicted octanol–water partition coefficient (Wildman–Crippen LogP) is 3.07. The Morgan fingerprint density at radius 1 is 0.923 bits per heavy atom. The van der Waals surface area contributed by atoms with Crippen molar-refractivity contribution in [3.63, 3.8) is 0 Å². The molecule has 1 amide bonds. The van der Waals surface area contributed by atoms with Crippen molar-refractivity contribution in [2.45, 2.75) is 13.5 Å². The number of rotatable bonds is 6. The second-order valence-corrected chi connectivity index (χ2v) is 5.86. The van der Waals surface area contributed by atoms with Gasteiger partial charge in [-0.05, 0) is 54.4 Å². The monoisotopic (exact) mass is 357 g/mol. The number of esters is 1. The van der Waals surface area contributed by atoms with E-state index < -0.39 is 5.97 Å². The highest BCUT2D eigenvalue weighted by Gasteiger charge is 2.16. The van der Waals surface area contributed by atoms with Crippen molar-refractivity contribution in [1.82, 2.24) is 4.90 Å². The van der Waals surface area contributed by atoms with Crippen LogP contribution in [0.3, 0.4) is 0 Å². The van der Waals surface area contributed by atoms with Gasteiger partial charge in [0.05, 0.1) is 26.9 Å². The number of amides is 1. The van der Waals surface area contributed by atoms with Crippen molar-refractivity contribution in [1.29, 1.82) is 0 Å². The highest BCUT2D eigenvalue weighted by molar-refractivity contribution is 5.96. The van der Waals surface area contributed by atoms with Crippen molar-refractivity contribution >= 4 is 11.9 Å². The van der Waals surface area contributed by atoms with Crippen molar-refractivity contribution in [3.8, 4) is 11.5 Å². The lowest BCUT2D eigenvalue weighted by Crippen LogP contribution is -2.26. The normalized spacial score (nSPS) is 10.2. The summed E-state index contributed by atoms with van der Waals surface area (Å²) in [6, 6.07) is 10.2. The van der Waals surface area contributed by atoms with E-state index in [1.165, 1.54) is 7.11 Å². The van der Waals surface area contributed by atoms with Gasteiger partial charge in [-0.1, -0.05) is 0 Å². The SMILES string of the molecule is COC(=O)c1ccc(C(=O)N(C)Cc2cc(OC)c(OC)cc2C)cc1. The molecule has 2 aromatic rings. The van der Waals surface area contributed by atoms with Crippen LogP contribution >= 0.6 is 0 Å². The maximum absolute atomic E-state index is 12.6. The molecule has 0 atom stereocenters. The van der Waals surface area contributed by atoms with Gasteiger partial charge < -0.3 is 19.1 Å². The van der Waals surface area contributed by atoms with Gasteiger partial charge in [-0.15, -0.1) is 0 Å². The molecule has 0 spiro atoms. The standard InChI is InChI=1S/C20H23NO5/c1-13-10-17(24-3)18(25-4)11-16(13)12-21(2)19(22)14-6-8-15(9-7-14)20(23)26-5/h6-11H,12H2,1-5H3. The minimum atomic E-state index is -0.432. The van der Waals surface area contributed by atoms with Crippen molar-refractivity contribution in [2.24, 2.45) is 0 Å². The van der Waals surface area contributed by atoms with Gasteiger partial charge in [-0.3, -0.25) is 4.79 Å². The van der Waals surface area contributed by atoms with Gasteiger partial charge in [-0.2, -0.15) is 0 Å². The second-order valence-electron chi connectivity index (χ2n) is 5.86. The number of carbonyl (C=O) groups is 2. The van der Waals surface area contributed by atoms with E-state index in [0.717, 1.165) is 11.1 Å². The lowest BCUT2D eigenvalue weighted by atomic mass is 10.1. The van der Waals surface area contributed by atoms with Crippen LogP contribution < -0.4 is 9.47 Å². The van der Waals surface area contributed by atoms with Gasteiger partial charge in [0.2, 0.25) is 0 Å². The van der Waals surface area contributed by atoms with Crippen molar-refractivity contribution in [3.05, 3.63) is 58.7 Å². The number of hydrogen-bond donors (Lipinski definition) is 0. The molecule has 138 valence electrons. The molecule has 0 unspecified atom stereocenters. The van der Waals surface area contributed by atoms with E-state index in [1.807, 2.05) is 19.1 Å². The van der Waals surface area contributed by atoms with Gasteiger partial charge in [-0.25, -0.2) is 4.79 Å². The number of benzene rings is 2. The number of hydrogen-bond acceptors (Lipinski definition) is 5. The molecular weight excluding hydrogens is 334 g/mol. The molecule has 0 aliphatic rings. The van der Waals surface area contributed by atoms with Crippen LogP contribution in [-0.2, 0) is 11.3 Å². The molecule has 0 N–H and O–H groups in total. The summed E-state index contributed by atoms with van der Waals surface area (Å²) in [7, 11) is 6.21. The summed E-state index contributed by atoms with van der Waals surface area (Å²) in [5, 5.41) is 0. The summed E-state index contributed by atoms with van der Waals surface area (Å²) in [5.41, 5.74) is 2.87. The van der Waals surface area contributed by atoms with Crippen LogP contribution in [0.4, 0.5) is 0 Å². The van der Waals surface area contributed by atoms with Crippen molar-refractivity contribution in [2.75, 3.05) is 28.4 Å². The third kappa shape index (κ3) is 4.14. The molecule has 0 bridgehead atoms. The lowest BCUT2D eigenvalue weighted by molar-refractivity contribution is 0.0600. The highest BCUT2D eigenvalue weighted by atomic mass is 16.5. The maximum atomic E-state index is 12.6. The van der Waals surface area contributed by atoms with Gasteiger partial charge in [0.1, 0.15) is 0 Å². The van der Waals surface area contributed by atoms with Gasteiger partial charge in [0.25, 0.3) is 5.91 Å². The first-order chi connectivity index (χ1) is 12.4. The number of methoxy groups -OCH3 is 3. The topological polar surface area (TPSA) is 65.1 Å². The maximum Gasteiger partial charge on any atom is 0.337 e. The summed E-state index contributed by atoms with van der Waals surface area (Å²) < 4.78 is 15.3. The van der Waals surface area contributed by atoms with Crippen LogP contribution in [0.2, 0.25) is 0 Å². The molecule has 0 saturated carbocycles. The molecule has 0 heterocycles. The fraction of sp³-hybridized carbons (Fsp3) is 0.300. The molecule has 6 nitrogen and oxygen atoms in total. The third-order valence-corrected chi connectivity index (χ3v) is 4.15. The van der Waals surface area contributed by atoms with E-state index in [4.69, 9.17) is 9.47 Å². The summed E-state index contributed by atoms with van der Waals surface area (Å²) in [4.78, 5) is 25.7. The molecular formula is C20H23NO5. The Labute approximate surface area is 153 Å². The van der Waals surface area contributed by atoms with Crippen LogP contribution in [0, 0.1) is 6.92 Å². The minimum absolute atomic E-state index is 0.143. The van der Waals surface area contributed by atoms with Crippen LogP contribution in [0.5, 0.6) is 11.5 Å². The molecule has 6 heteroatoms. The Kier molecular flexibility index (Phi) is 6.22. The number of nitrogens with zero attached hydrogens (tertiary/aromatic N) is 1. The van der Waals surface area contributed by atoms with E-state index in [9.17, 15) is 9.59 Å². The predicted molar refractivity (Wildman–Crippen MR) is 97.9 cm³/mol. The first-order valence-corrected chi connectivity index (χ1v) is 8.06. The molecule has 2 rings (SSSR count). The fourth-order valence-corrected chi connectivity index (χ4v) is 2.61. The summed E-state index contributed by atoms with van der Waals surface area (Å²) in [6.07, 6.45) is 0. The van der Waals surface area contributed by atoms with Crippen LogP contribution in [0.1, 0.15) is 31.8 Å². The summed E-state index contributed by atoms with van der Waals surface area (Å²) >= 11 is 0. The average Bonchev–Trinajstić information content (AvgIpc) is 2.67. The lowest BCUT2D eigenvalue weighted by Gasteiger charge is -2.20. The average molecular weight is 357 g/mol. The molecule has 0 saturated heterocycles. The minimum Gasteiger partial charge on any atom is -0.493 e. The van der Waals surface area contributed by atoms with Crippen LogP contribution in [-0.4, -0.2) is 45.2 Å². The van der Waals surface area contributed by atoms with E-state index in [2.05, 4.69) is 4.74 Å². The fourth-order valence-electron chi connectivity index (χ4n) is 2.61. The third-order valence-electron chi connectivity index (χ3n) is 4.15. The smallest absolute Gasteiger partial charge is 0.337 e. The zero-order valence-electron chi connectivity index (χ0n) is 15.7. The molecule has 0 aliphatic carbocycles. The van der Waals surface area contributed by atoms with Gasteiger partial charge in [0, 0.05) is 19.2 Å². The van der Waals surface area contributed by atoms with E-state index >= 15 is 0 Å². The zero-order valence-corrected chi connectivity index (χ0v) is 15.7. The Hall–Kier alpha value is -3.02. The molecule has 0 fully saturated rings. The van der Waals surface area contributed by atoms with E-state index in [0.29, 0.717) is 29.2 Å². The Balaban J connectivity index is 2.18. The molecule has 0 aromatic heterocycles. The largest absolute Gasteiger partial charge is 0.493 e. The molecule has 26 heavy (non-hydrogen) atoms. The highest BCUT2D eigenvalue weighted by Crippen LogP contribution is 2.30. The Morgan fingerprint density at radius 3 is 2.00 bits per heavy atom. The van der Waals surface area contributed by atoms with E-state index in [-0.39, 0.29) is 5.91 Å². The molecule has 0 radical (unpaired) electrons. The molecule has 2 aromatic carbocycles. The number of aryl methyl sites for hydroxylation is 1. The summed E-state index contributed by atoms with van der Waals surface area (Å²) in [6.45, 7) is 2.38. The summed E-state index contributed by atoms with van der Waals surface area (Å²) in [5.74, 6) is 0.700.